The van der Waals surface area contributed by atoms with Gasteiger partial charge in [-0.1, -0.05) is 24.3 Å². The van der Waals surface area contributed by atoms with Crippen molar-refractivity contribution in [3.8, 4) is 5.75 Å². The van der Waals surface area contributed by atoms with E-state index in [1.165, 1.54) is 0 Å². The van der Waals surface area contributed by atoms with Crippen molar-refractivity contribution in [2.24, 2.45) is 0 Å². The summed E-state index contributed by atoms with van der Waals surface area (Å²) in [7, 11) is 0. The summed E-state index contributed by atoms with van der Waals surface area (Å²) in [6.45, 7) is 0.249. The zero-order valence-corrected chi connectivity index (χ0v) is 17.7. The molecule has 1 unspecified atom stereocenters. The van der Waals surface area contributed by atoms with Gasteiger partial charge in [0.15, 0.2) is 5.54 Å². The molecule has 5 rings (SSSR count). The molecule has 32 heavy (non-hydrogen) atoms. The number of hydrogen-bond acceptors (Lipinski definition) is 5. The lowest BCUT2D eigenvalue weighted by molar-refractivity contribution is -0.139. The average Bonchev–Trinajstić information content (AvgIpc) is 3.41. The molecule has 8 heteroatoms. The van der Waals surface area contributed by atoms with Crippen LogP contribution in [0.15, 0.2) is 58.9 Å². The van der Waals surface area contributed by atoms with Crippen molar-refractivity contribution in [2.45, 2.75) is 44.2 Å². The van der Waals surface area contributed by atoms with Crippen LogP contribution in [0.1, 0.15) is 43.4 Å². The van der Waals surface area contributed by atoms with Crippen LogP contribution in [0.2, 0.25) is 0 Å². The maximum atomic E-state index is 13.5. The zero-order chi connectivity index (χ0) is 22.1. The van der Waals surface area contributed by atoms with Crippen LogP contribution in [-0.2, 0) is 21.7 Å². The molecule has 4 amide bonds. The minimum atomic E-state index is -1.19. The molecular weight excluding hydrogens is 410 g/mol. The number of imide groups is 1. The lowest BCUT2D eigenvalue weighted by Gasteiger charge is -2.33. The second-order valence-electron chi connectivity index (χ2n) is 8.32. The van der Waals surface area contributed by atoms with Crippen LogP contribution >= 0.6 is 0 Å². The second-order valence-corrected chi connectivity index (χ2v) is 8.32. The fourth-order valence-corrected chi connectivity index (χ4v) is 4.71. The van der Waals surface area contributed by atoms with Crippen LogP contribution in [0.25, 0.3) is 0 Å². The van der Waals surface area contributed by atoms with E-state index in [2.05, 4.69) is 11.4 Å². The van der Waals surface area contributed by atoms with Gasteiger partial charge in [-0.25, -0.2) is 4.79 Å². The number of furan rings is 1. The fraction of sp³-hybridized carbons (Fsp3) is 0.375. The van der Waals surface area contributed by atoms with Crippen molar-refractivity contribution in [3.63, 3.8) is 0 Å². The number of benzene rings is 1. The Hall–Kier alpha value is -3.55. The molecule has 2 aromatic rings. The van der Waals surface area contributed by atoms with Gasteiger partial charge in [0.25, 0.3) is 5.91 Å². The Morgan fingerprint density at radius 1 is 1.16 bits per heavy atom. The van der Waals surface area contributed by atoms with Gasteiger partial charge >= 0.3 is 6.03 Å². The van der Waals surface area contributed by atoms with Gasteiger partial charge in [-0.2, -0.15) is 0 Å². The maximum Gasteiger partial charge on any atom is 0.325 e. The van der Waals surface area contributed by atoms with Crippen molar-refractivity contribution in [1.82, 2.24) is 15.1 Å². The monoisotopic (exact) mass is 435 g/mol. The van der Waals surface area contributed by atoms with E-state index in [1.54, 1.807) is 29.4 Å². The lowest BCUT2D eigenvalue weighted by Crippen LogP contribution is -2.48. The van der Waals surface area contributed by atoms with Crippen molar-refractivity contribution >= 4 is 17.8 Å². The first kappa shape index (κ1) is 20.4. The molecule has 1 aromatic heterocycles. The third-order valence-electron chi connectivity index (χ3n) is 6.36. The molecule has 1 atom stereocenters. The molecule has 1 aromatic carbocycles. The van der Waals surface area contributed by atoms with E-state index in [-0.39, 0.29) is 19.0 Å². The Labute approximate surface area is 185 Å². The normalized spacial score (nSPS) is 22.2. The van der Waals surface area contributed by atoms with E-state index >= 15 is 0 Å². The van der Waals surface area contributed by atoms with Crippen LogP contribution in [0.5, 0.6) is 5.75 Å². The lowest BCUT2D eigenvalue weighted by atomic mass is 9.84. The number of ether oxygens (including phenoxy) is 1. The van der Waals surface area contributed by atoms with Crippen molar-refractivity contribution < 1.29 is 23.5 Å². The van der Waals surface area contributed by atoms with Gasteiger partial charge in [-0.05, 0) is 43.9 Å². The Bertz CT molecular complexity index is 1080. The Morgan fingerprint density at radius 3 is 2.81 bits per heavy atom. The number of allylic oxidation sites excluding steroid dienone is 2. The van der Waals surface area contributed by atoms with E-state index < -0.39 is 17.5 Å². The molecule has 166 valence electrons. The molecule has 1 aliphatic carbocycles. The largest absolute Gasteiger partial charge is 0.493 e. The zero-order valence-electron chi connectivity index (χ0n) is 17.7. The van der Waals surface area contributed by atoms with E-state index in [9.17, 15) is 14.4 Å². The number of hydrogen-bond donors (Lipinski definition) is 1. The number of carbonyl (C=O) groups excluding carboxylic acids is 3. The molecule has 0 saturated carbocycles. The van der Waals surface area contributed by atoms with Crippen LogP contribution in [0, 0.1) is 0 Å². The molecular formula is C24H25N3O5. The summed E-state index contributed by atoms with van der Waals surface area (Å²) in [4.78, 5) is 42.4. The molecule has 3 heterocycles. The first-order chi connectivity index (χ1) is 15.6. The van der Waals surface area contributed by atoms with Gasteiger partial charge < -0.3 is 19.4 Å². The Morgan fingerprint density at radius 2 is 2.03 bits per heavy atom. The van der Waals surface area contributed by atoms with Crippen LogP contribution in [0.3, 0.4) is 0 Å². The molecule has 8 nitrogen and oxygen atoms in total. The van der Waals surface area contributed by atoms with Crippen molar-refractivity contribution in [1.29, 1.82) is 0 Å². The van der Waals surface area contributed by atoms with Crippen LogP contribution < -0.4 is 10.1 Å². The summed E-state index contributed by atoms with van der Waals surface area (Å²) in [5.74, 6) is 0.502. The highest BCUT2D eigenvalue weighted by Crippen LogP contribution is 2.41. The summed E-state index contributed by atoms with van der Waals surface area (Å²) in [5.41, 5.74) is 0.347. The van der Waals surface area contributed by atoms with Gasteiger partial charge in [0, 0.05) is 17.7 Å². The quantitative estimate of drug-likeness (QED) is 0.728. The van der Waals surface area contributed by atoms with Gasteiger partial charge in [-0.15, -0.1) is 0 Å². The van der Waals surface area contributed by atoms with Gasteiger partial charge in [0.1, 0.15) is 18.1 Å². The smallest absolute Gasteiger partial charge is 0.325 e. The molecule has 0 radical (unpaired) electrons. The number of amides is 4. The first-order valence-corrected chi connectivity index (χ1v) is 11.0. The summed E-state index contributed by atoms with van der Waals surface area (Å²) in [5, 5.41) is 2.85. The highest BCUT2D eigenvalue weighted by molar-refractivity contribution is 6.09. The minimum absolute atomic E-state index is 0.267. The molecule has 1 fully saturated rings. The maximum absolute atomic E-state index is 13.5. The highest BCUT2D eigenvalue weighted by Gasteiger charge is 2.55. The van der Waals surface area contributed by atoms with Crippen molar-refractivity contribution in [3.05, 3.63) is 65.8 Å². The number of para-hydroxylation sites is 1. The molecule has 1 saturated heterocycles. The molecule has 1 N–H and O–H groups in total. The molecule has 3 aliphatic rings. The number of urea groups is 1. The summed E-state index contributed by atoms with van der Waals surface area (Å²) >= 11 is 0. The number of rotatable bonds is 5. The standard InChI is InChI=1S/C24H25N3O5/c28-21(26(15-18-9-6-13-31-18)17-7-2-1-3-8-17)16-27-22(29)24(25-23(27)30)12-14-32-20-11-5-4-10-19(20)24/h4-7,9-11,13H,1-3,8,12,14-16H2,(H,25,30). The van der Waals surface area contributed by atoms with Crippen LogP contribution in [-0.4, -0.2) is 40.8 Å². The Kier molecular flexibility index (Phi) is 5.20. The van der Waals surface area contributed by atoms with Gasteiger partial charge in [-0.3, -0.25) is 14.5 Å². The Balaban J connectivity index is 1.40. The summed E-state index contributed by atoms with van der Waals surface area (Å²) < 4.78 is 11.1. The van der Waals surface area contributed by atoms with E-state index in [1.807, 2.05) is 18.2 Å². The van der Waals surface area contributed by atoms with Gasteiger partial charge in [0.2, 0.25) is 5.91 Å². The second kappa shape index (κ2) is 8.18. The predicted molar refractivity (Wildman–Crippen MR) is 114 cm³/mol. The third-order valence-corrected chi connectivity index (χ3v) is 6.36. The number of carbonyl (C=O) groups is 3. The van der Waals surface area contributed by atoms with Crippen LogP contribution in [0.4, 0.5) is 4.79 Å². The average molecular weight is 435 g/mol. The molecule has 2 aliphatic heterocycles. The van der Waals surface area contributed by atoms with E-state index in [0.717, 1.165) is 36.3 Å². The molecule has 0 bridgehead atoms. The topological polar surface area (TPSA) is 92.1 Å². The number of fused-ring (bicyclic) bond motifs is 2. The number of nitrogens with zero attached hydrogens (tertiary/aromatic N) is 2. The highest BCUT2D eigenvalue weighted by atomic mass is 16.5. The molecule has 1 spiro atoms. The predicted octanol–water partition coefficient (Wildman–Crippen LogP) is 3.30. The van der Waals surface area contributed by atoms with Gasteiger partial charge in [0.05, 0.1) is 19.4 Å². The number of nitrogens with one attached hydrogen (secondary N) is 1. The van der Waals surface area contributed by atoms with E-state index in [0.29, 0.717) is 30.1 Å². The fourth-order valence-electron chi connectivity index (χ4n) is 4.71. The third kappa shape index (κ3) is 3.45. The first-order valence-electron chi connectivity index (χ1n) is 11.0. The minimum Gasteiger partial charge on any atom is -0.493 e. The summed E-state index contributed by atoms with van der Waals surface area (Å²) in [6.07, 6.45) is 7.71. The van der Waals surface area contributed by atoms with Crippen molar-refractivity contribution in [2.75, 3.05) is 13.2 Å². The van der Waals surface area contributed by atoms with E-state index in [4.69, 9.17) is 9.15 Å². The SMILES string of the molecule is O=C(CN1C(=O)NC2(CCOc3ccccc32)C1=O)N(Cc1ccco1)C1=CCCCC1. The summed E-state index contributed by atoms with van der Waals surface area (Å²) in [6, 6.07) is 10.2.